The van der Waals surface area contributed by atoms with Crippen molar-refractivity contribution in [3.63, 3.8) is 0 Å². The van der Waals surface area contributed by atoms with Gasteiger partial charge in [0.1, 0.15) is 11.6 Å². The zero-order chi connectivity index (χ0) is 17.7. The lowest BCUT2D eigenvalue weighted by molar-refractivity contribution is 0.207. The number of hydrogen-bond donors (Lipinski definition) is 1. The summed E-state index contributed by atoms with van der Waals surface area (Å²) in [6.45, 7) is 5.63. The van der Waals surface area contributed by atoms with Gasteiger partial charge in [0.25, 0.3) is 0 Å². The van der Waals surface area contributed by atoms with Crippen LogP contribution in [-0.2, 0) is 0 Å². The second-order valence-corrected chi connectivity index (χ2v) is 5.81. The van der Waals surface area contributed by atoms with Crippen LogP contribution in [0, 0.1) is 5.82 Å². The molecule has 1 aromatic heterocycles. The van der Waals surface area contributed by atoms with Crippen molar-refractivity contribution in [3.05, 3.63) is 54.1 Å². The monoisotopic (exact) mass is 331 g/mol. The molecule has 0 spiro atoms. The Hall–Kier alpha value is -2.63. The molecule has 2 rings (SSSR count). The predicted molar refractivity (Wildman–Crippen MR) is 91.6 cm³/mol. The number of nitrogens with one attached hydrogen (secondary N) is 1. The lowest BCUT2D eigenvalue weighted by Crippen LogP contribution is -2.33. The first kappa shape index (κ1) is 17.7. The van der Waals surface area contributed by atoms with E-state index >= 15 is 0 Å². The van der Waals surface area contributed by atoms with Gasteiger partial charge in [-0.05, 0) is 44.5 Å². The fourth-order valence-electron chi connectivity index (χ4n) is 2.18. The van der Waals surface area contributed by atoms with E-state index < -0.39 is 5.82 Å². The lowest BCUT2D eigenvalue weighted by Gasteiger charge is -2.26. The summed E-state index contributed by atoms with van der Waals surface area (Å²) in [4.78, 5) is 18.1. The summed E-state index contributed by atoms with van der Waals surface area (Å²) >= 11 is 0. The molecule has 0 fully saturated rings. The molecule has 0 aliphatic carbocycles. The molecule has 5 nitrogen and oxygen atoms in total. The Morgan fingerprint density at radius 2 is 2.04 bits per heavy atom. The molecule has 0 saturated carbocycles. The molecule has 0 radical (unpaired) electrons. The number of carbonyl (C=O) groups excluding carboxylic acids is 1. The first-order valence-corrected chi connectivity index (χ1v) is 7.78. The molecule has 1 heterocycles. The van der Waals surface area contributed by atoms with E-state index in [-0.39, 0.29) is 18.2 Å². The maximum absolute atomic E-state index is 13.5. The van der Waals surface area contributed by atoms with E-state index in [1.54, 1.807) is 19.4 Å². The average Bonchev–Trinajstić information content (AvgIpc) is 2.56. The van der Waals surface area contributed by atoms with Gasteiger partial charge < -0.3 is 15.0 Å². The third kappa shape index (κ3) is 4.44. The van der Waals surface area contributed by atoms with Crippen LogP contribution in [0.1, 0.15) is 32.4 Å². The minimum atomic E-state index is -0.440. The third-order valence-electron chi connectivity index (χ3n) is 3.61. The van der Waals surface area contributed by atoms with Gasteiger partial charge in [-0.3, -0.25) is 4.98 Å². The highest BCUT2D eigenvalue weighted by molar-refractivity contribution is 5.91. The van der Waals surface area contributed by atoms with Crippen LogP contribution in [0.2, 0.25) is 0 Å². The zero-order valence-corrected chi connectivity index (χ0v) is 14.3. The highest BCUT2D eigenvalue weighted by atomic mass is 19.1. The Bertz CT molecular complexity index is 692. The molecular weight excluding hydrogens is 309 g/mol. The van der Waals surface area contributed by atoms with Crippen molar-refractivity contribution in [1.82, 2.24) is 9.88 Å². The molecule has 0 aliphatic heterocycles. The van der Waals surface area contributed by atoms with Crippen molar-refractivity contribution >= 4 is 11.7 Å². The summed E-state index contributed by atoms with van der Waals surface area (Å²) in [6.07, 6.45) is 3.31. The summed E-state index contributed by atoms with van der Waals surface area (Å²) < 4.78 is 19.1. The fraction of sp³-hybridized carbons (Fsp3) is 0.333. The molecule has 24 heavy (non-hydrogen) atoms. The number of hydrogen-bond acceptors (Lipinski definition) is 3. The molecule has 2 amide bonds. The first-order chi connectivity index (χ1) is 11.4. The normalized spacial score (nSPS) is 11.9. The smallest absolute Gasteiger partial charge is 0.322 e. The predicted octanol–water partition coefficient (Wildman–Crippen LogP) is 4.23. The van der Waals surface area contributed by atoms with Crippen LogP contribution in [0.5, 0.6) is 5.75 Å². The van der Waals surface area contributed by atoms with Crippen molar-refractivity contribution in [3.8, 4) is 5.75 Å². The van der Waals surface area contributed by atoms with Gasteiger partial charge in [-0.15, -0.1) is 0 Å². The quantitative estimate of drug-likeness (QED) is 0.892. The van der Waals surface area contributed by atoms with Crippen molar-refractivity contribution < 1.29 is 13.9 Å². The van der Waals surface area contributed by atoms with E-state index in [1.165, 1.54) is 23.1 Å². The highest BCUT2D eigenvalue weighted by Gasteiger charge is 2.19. The van der Waals surface area contributed by atoms with Gasteiger partial charge in [-0.1, -0.05) is 6.07 Å². The molecule has 1 aromatic carbocycles. The summed E-state index contributed by atoms with van der Waals surface area (Å²) in [7, 11) is 1.68. The van der Waals surface area contributed by atoms with Crippen LogP contribution >= 0.6 is 0 Å². The Balaban J connectivity index is 2.15. The maximum Gasteiger partial charge on any atom is 0.322 e. The lowest BCUT2D eigenvalue weighted by atomic mass is 10.1. The summed E-state index contributed by atoms with van der Waals surface area (Å²) in [5, 5.41) is 2.71. The van der Waals surface area contributed by atoms with Gasteiger partial charge in [0.15, 0.2) is 0 Å². The second-order valence-electron chi connectivity index (χ2n) is 5.81. The van der Waals surface area contributed by atoms with Gasteiger partial charge in [0, 0.05) is 25.5 Å². The Labute approximate surface area is 141 Å². The summed E-state index contributed by atoms with van der Waals surface area (Å²) in [6, 6.07) is 7.24. The summed E-state index contributed by atoms with van der Waals surface area (Å²) in [5.41, 5.74) is 1.21. The van der Waals surface area contributed by atoms with Crippen molar-refractivity contribution in [2.45, 2.75) is 32.9 Å². The summed E-state index contributed by atoms with van der Waals surface area (Å²) in [5.74, 6) is -0.00783. The van der Waals surface area contributed by atoms with Crippen LogP contribution in [0.15, 0.2) is 42.7 Å². The number of halogens is 1. The van der Waals surface area contributed by atoms with E-state index in [0.29, 0.717) is 11.4 Å². The standard InChI is InChI=1S/C18H22FN3O2/c1-12(2)24-17-8-7-15(19)10-16(17)21-18(23)22(4)13(3)14-6-5-9-20-11-14/h5-13H,1-4H3,(H,21,23). The first-order valence-electron chi connectivity index (χ1n) is 7.78. The molecule has 0 bridgehead atoms. The minimum absolute atomic E-state index is 0.0850. The second kappa shape index (κ2) is 7.77. The number of rotatable bonds is 5. The fourth-order valence-corrected chi connectivity index (χ4v) is 2.18. The zero-order valence-electron chi connectivity index (χ0n) is 14.3. The van der Waals surface area contributed by atoms with Gasteiger partial charge in [0.05, 0.1) is 17.8 Å². The molecule has 1 atom stereocenters. The SMILES string of the molecule is CC(C)Oc1ccc(F)cc1NC(=O)N(C)C(C)c1cccnc1. The Morgan fingerprint density at radius 1 is 1.29 bits per heavy atom. The number of amides is 2. The number of urea groups is 1. The number of carbonyl (C=O) groups is 1. The number of ether oxygens (including phenoxy) is 1. The van der Waals surface area contributed by atoms with Gasteiger partial charge in [-0.2, -0.15) is 0 Å². The largest absolute Gasteiger partial charge is 0.489 e. The van der Waals surface area contributed by atoms with Gasteiger partial charge >= 0.3 is 6.03 Å². The number of anilines is 1. The molecule has 1 N–H and O–H groups in total. The molecular formula is C18H22FN3O2. The van der Waals surface area contributed by atoms with Gasteiger partial charge in [0.2, 0.25) is 0 Å². The van der Waals surface area contributed by atoms with Crippen LogP contribution in [0.25, 0.3) is 0 Å². The number of pyridine rings is 1. The number of nitrogens with zero attached hydrogens (tertiary/aromatic N) is 2. The number of benzene rings is 1. The minimum Gasteiger partial charge on any atom is -0.489 e. The Kier molecular flexibility index (Phi) is 5.73. The molecule has 128 valence electrons. The molecule has 1 unspecified atom stereocenters. The van der Waals surface area contributed by atoms with Crippen LogP contribution in [-0.4, -0.2) is 29.1 Å². The highest BCUT2D eigenvalue weighted by Crippen LogP contribution is 2.27. The van der Waals surface area contributed by atoms with Crippen LogP contribution in [0.4, 0.5) is 14.9 Å². The van der Waals surface area contributed by atoms with Crippen LogP contribution < -0.4 is 10.1 Å². The van der Waals surface area contributed by atoms with E-state index in [1.807, 2.05) is 32.9 Å². The van der Waals surface area contributed by atoms with E-state index in [4.69, 9.17) is 4.74 Å². The molecule has 0 aliphatic rings. The maximum atomic E-state index is 13.5. The molecule has 6 heteroatoms. The van der Waals surface area contributed by atoms with Crippen molar-refractivity contribution in [2.75, 3.05) is 12.4 Å². The van der Waals surface area contributed by atoms with E-state index in [9.17, 15) is 9.18 Å². The van der Waals surface area contributed by atoms with E-state index in [0.717, 1.165) is 5.56 Å². The molecule has 2 aromatic rings. The third-order valence-corrected chi connectivity index (χ3v) is 3.61. The van der Waals surface area contributed by atoms with E-state index in [2.05, 4.69) is 10.3 Å². The van der Waals surface area contributed by atoms with Crippen molar-refractivity contribution in [1.29, 1.82) is 0 Å². The van der Waals surface area contributed by atoms with Crippen molar-refractivity contribution in [2.24, 2.45) is 0 Å². The average molecular weight is 331 g/mol. The Morgan fingerprint density at radius 3 is 2.67 bits per heavy atom. The van der Waals surface area contributed by atoms with Gasteiger partial charge in [-0.25, -0.2) is 9.18 Å². The molecule has 0 saturated heterocycles. The van der Waals surface area contributed by atoms with Crippen LogP contribution in [0.3, 0.4) is 0 Å². The topological polar surface area (TPSA) is 54.5 Å². The number of aromatic nitrogens is 1.